The van der Waals surface area contributed by atoms with Crippen LogP contribution in [0.4, 0.5) is 0 Å². The van der Waals surface area contributed by atoms with Crippen LogP contribution < -0.4 is 5.14 Å². The van der Waals surface area contributed by atoms with Gasteiger partial charge in [0.25, 0.3) is 10.2 Å². The van der Waals surface area contributed by atoms with E-state index in [1.807, 2.05) is 0 Å². The number of nitrogens with zero attached hydrogens (tertiary/aromatic N) is 2. The molecular formula is C5H13N3O4S2. The molecule has 84 valence electrons. The molecule has 0 aromatic heterocycles. The van der Waals surface area contributed by atoms with Crippen LogP contribution in [-0.2, 0) is 20.2 Å². The molecule has 1 fully saturated rings. The molecule has 0 amide bonds. The summed E-state index contributed by atoms with van der Waals surface area (Å²) in [5.74, 6) is 0. The van der Waals surface area contributed by atoms with Gasteiger partial charge in [-0.1, -0.05) is 0 Å². The van der Waals surface area contributed by atoms with Gasteiger partial charge in [0.05, 0.1) is 6.26 Å². The summed E-state index contributed by atoms with van der Waals surface area (Å²) in [5.41, 5.74) is 0. The smallest absolute Gasteiger partial charge is 0.216 e. The summed E-state index contributed by atoms with van der Waals surface area (Å²) in [6.07, 6.45) is 1.10. The van der Waals surface area contributed by atoms with E-state index in [1.54, 1.807) is 0 Å². The lowest BCUT2D eigenvalue weighted by atomic mass is 10.4. The van der Waals surface area contributed by atoms with Crippen LogP contribution in [-0.4, -0.2) is 57.9 Å². The maximum Gasteiger partial charge on any atom is 0.276 e. The second kappa shape index (κ2) is 3.74. The normalized spacial score (nSPS) is 22.4. The molecule has 0 aromatic rings. The molecule has 1 saturated heterocycles. The van der Waals surface area contributed by atoms with E-state index < -0.39 is 20.2 Å². The highest BCUT2D eigenvalue weighted by Gasteiger charge is 2.27. The molecule has 0 unspecified atom stereocenters. The van der Waals surface area contributed by atoms with Crippen molar-refractivity contribution < 1.29 is 16.8 Å². The van der Waals surface area contributed by atoms with E-state index in [2.05, 4.69) is 0 Å². The van der Waals surface area contributed by atoms with Gasteiger partial charge in [0.1, 0.15) is 0 Å². The van der Waals surface area contributed by atoms with E-state index in [-0.39, 0.29) is 26.2 Å². The van der Waals surface area contributed by atoms with Gasteiger partial charge in [-0.3, -0.25) is 0 Å². The summed E-state index contributed by atoms with van der Waals surface area (Å²) in [6, 6.07) is 0. The third-order valence-corrected chi connectivity index (χ3v) is 4.41. The largest absolute Gasteiger partial charge is 0.276 e. The van der Waals surface area contributed by atoms with E-state index in [4.69, 9.17) is 5.14 Å². The Morgan fingerprint density at radius 1 is 0.929 bits per heavy atom. The molecule has 1 aliphatic rings. The Morgan fingerprint density at radius 2 is 1.29 bits per heavy atom. The molecule has 0 saturated carbocycles. The van der Waals surface area contributed by atoms with E-state index >= 15 is 0 Å². The second-order valence-corrected chi connectivity index (χ2v) is 6.63. The zero-order valence-corrected chi connectivity index (χ0v) is 9.38. The zero-order chi connectivity index (χ0) is 11.0. The number of hydrogen-bond acceptors (Lipinski definition) is 4. The van der Waals surface area contributed by atoms with Crippen molar-refractivity contribution in [1.29, 1.82) is 0 Å². The Bertz CT molecular complexity index is 353. The Hall–Kier alpha value is -0.220. The van der Waals surface area contributed by atoms with Crippen molar-refractivity contribution in [2.45, 2.75) is 0 Å². The summed E-state index contributed by atoms with van der Waals surface area (Å²) in [5, 5.41) is 4.89. The molecule has 0 aliphatic carbocycles. The van der Waals surface area contributed by atoms with Gasteiger partial charge >= 0.3 is 0 Å². The first-order valence-electron chi connectivity index (χ1n) is 3.94. The van der Waals surface area contributed by atoms with Crippen LogP contribution in [0.5, 0.6) is 0 Å². The molecule has 14 heavy (non-hydrogen) atoms. The highest BCUT2D eigenvalue weighted by molar-refractivity contribution is 7.88. The minimum atomic E-state index is -3.68. The number of rotatable bonds is 2. The van der Waals surface area contributed by atoms with Crippen LogP contribution in [0.3, 0.4) is 0 Å². The van der Waals surface area contributed by atoms with Crippen LogP contribution >= 0.6 is 0 Å². The van der Waals surface area contributed by atoms with Gasteiger partial charge in [-0.15, -0.1) is 0 Å². The van der Waals surface area contributed by atoms with Gasteiger partial charge in [0.15, 0.2) is 0 Å². The van der Waals surface area contributed by atoms with Crippen LogP contribution in [0.15, 0.2) is 0 Å². The third kappa shape index (κ3) is 2.89. The zero-order valence-electron chi connectivity index (χ0n) is 7.75. The molecule has 0 aromatic carbocycles. The van der Waals surface area contributed by atoms with Crippen LogP contribution in [0.1, 0.15) is 0 Å². The van der Waals surface area contributed by atoms with Gasteiger partial charge in [-0.05, 0) is 0 Å². The van der Waals surface area contributed by atoms with E-state index in [0.717, 1.165) is 10.6 Å². The molecule has 9 heteroatoms. The Labute approximate surface area is 83.7 Å². The SMILES string of the molecule is CS(=O)(=O)N1CCN(S(N)(=O)=O)CC1. The van der Waals surface area contributed by atoms with Crippen LogP contribution in [0, 0.1) is 0 Å². The van der Waals surface area contributed by atoms with Gasteiger partial charge in [-0.25, -0.2) is 13.6 Å². The summed E-state index contributed by atoms with van der Waals surface area (Å²) >= 11 is 0. The average Bonchev–Trinajstić information content (AvgIpc) is 2.01. The van der Waals surface area contributed by atoms with Crippen molar-refractivity contribution in [3.8, 4) is 0 Å². The highest BCUT2D eigenvalue weighted by Crippen LogP contribution is 2.07. The summed E-state index contributed by atoms with van der Waals surface area (Å²) in [4.78, 5) is 0. The first-order valence-corrected chi connectivity index (χ1v) is 7.29. The molecule has 7 nitrogen and oxygen atoms in total. The summed E-state index contributed by atoms with van der Waals surface area (Å²) in [7, 11) is -6.91. The molecule has 0 spiro atoms. The fourth-order valence-corrected chi connectivity index (χ4v) is 2.75. The van der Waals surface area contributed by atoms with Gasteiger partial charge in [0.2, 0.25) is 10.0 Å². The van der Waals surface area contributed by atoms with Crippen molar-refractivity contribution in [3.05, 3.63) is 0 Å². The molecule has 0 atom stereocenters. The summed E-state index contributed by atoms with van der Waals surface area (Å²) < 4.78 is 46.2. The molecule has 0 bridgehead atoms. The van der Waals surface area contributed by atoms with Gasteiger partial charge in [0, 0.05) is 26.2 Å². The van der Waals surface area contributed by atoms with Crippen molar-refractivity contribution in [2.24, 2.45) is 5.14 Å². The monoisotopic (exact) mass is 243 g/mol. The molecule has 0 radical (unpaired) electrons. The fraction of sp³-hybridized carbons (Fsp3) is 1.00. The van der Waals surface area contributed by atoms with Crippen LogP contribution in [0.2, 0.25) is 0 Å². The lowest BCUT2D eigenvalue weighted by Gasteiger charge is -2.31. The van der Waals surface area contributed by atoms with Gasteiger partial charge in [-0.2, -0.15) is 17.0 Å². The Balaban J connectivity index is 2.65. The topological polar surface area (TPSA) is 101 Å². The number of piperazine rings is 1. The fourth-order valence-electron chi connectivity index (χ4n) is 1.26. The van der Waals surface area contributed by atoms with Crippen molar-refractivity contribution in [1.82, 2.24) is 8.61 Å². The average molecular weight is 243 g/mol. The molecule has 2 N–H and O–H groups in total. The van der Waals surface area contributed by atoms with Crippen molar-refractivity contribution in [2.75, 3.05) is 32.4 Å². The predicted octanol–water partition coefficient (Wildman–Crippen LogP) is -2.23. The van der Waals surface area contributed by atoms with E-state index in [0.29, 0.717) is 0 Å². The minimum Gasteiger partial charge on any atom is -0.216 e. The van der Waals surface area contributed by atoms with Crippen molar-refractivity contribution >= 4 is 20.2 Å². The highest BCUT2D eigenvalue weighted by atomic mass is 32.2. The maximum atomic E-state index is 11.1. The van der Waals surface area contributed by atoms with Crippen molar-refractivity contribution in [3.63, 3.8) is 0 Å². The predicted molar refractivity (Wildman–Crippen MR) is 51.1 cm³/mol. The lowest BCUT2D eigenvalue weighted by Crippen LogP contribution is -2.51. The maximum absolute atomic E-state index is 11.1. The number of nitrogens with two attached hydrogens (primary N) is 1. The lowest BCUT2D eigenvalue weighted by molar-refractivity contribution is 0.274. The Kier molecular flexibility index (Phi) is 3.17. The second-order valence-electron chi connectivity index (χ2n) is 3.11. The van der Waals surface area contributed by atoms with E-state index in [9.17, 15) is 16.8 Å². The van der Waals surface area contributed by atoms with E-state index in [1.165, 1.54) is 4.31 Å². The van der Waals surface area contributed by atoms with Gasteiger partial charge < -0.3 is 0 Å². The first kappa shape index (κ1) is 11.9. The summed E-state index contributed by atoms with van der Waals surface area (Å²) in [6.45, 7) is 0.558. The van der Waals surface area contributed by atoms with Crippen LogP contribution in [0.25, 0.3) is 0 Å². The number of sulfonamides is 1. The molecule has 1 rings (SSSR count). The number of hydrogen-bond donors (Lipinski definition) is 1. The quantitative estimate of drug-likeness (QED) is 0.593. The third-order valence-electron chi connectivity index (χ3n) is 2.03. The Morgan fingerprint density at radius 3 is 1.57 bits per heavy atom. The molecule has 1 heterocycles. The minimum absolute atomic E-state index is 0.117. The standard InChI is InChI=1S/C5H13N3O4S2/c1-13(9,10)7-2-4-8(5-3-7)14(6,11)12/h2-5H2,1H3,(H2,6,11,12). The molecule has 1 aliphatic heterocycles. The first-order chi connectivity index (χ1) is 6.21. The molecular weight excluding hydrogens is 230 g/mol.